The third kappa shape index (κ3) is 5.88. The molecule has 32 heavy (non-hydrogen) atoms. The average Bonchev–Trinajstić information content (AvgIpc) is 3.51. The average molecular weight is 449 g/mol. The number of hydrogen-bond acceptors (Lipinski definition) is 7. The first-order chi connectivity index (χ1) is 15.7. The Kier molecular flexibility index (Phi) is 7.39. The number of thiophene rings is 1. The molecule has 164 valence electrons. The lowest BCUT2D eigenvalue weighted by Crippen LogP contribution is -2.26. The van der Waals surface area contributed by atoms with Gasteiger partial charge in [0.25, 0.3) is 11.8 Å². The molecule has 0 aliphatic rings. The van der Waals surface area contributed by atoms with Gasteiger partial charge in [0.2, 0.25) is 5.89 Å². The van der Waals surface area contributed by atoms with Crippen molar-refractivity contribution in [1.29, 1.82) is 0 Å². The summed E-state index contributed by atoms with van der Waals surface area (Å²) in [4.78, 5) is 15.6. The molecule has 2 aromatic heterocycles. The van der Waals surface area contributed by atoms with Gasteiger partial charge >= 0.3 is 0 Å². The summed E-state index contributed by atoms with van der Waals surface area (Å²) in [6, 6.07) is 20.9. The first-order valence-electron chi connectivity index (χ1n) is 10.2. The topological polar surface area (TPSA) is 80.5 Å². The molecule has 0 radical (unpaired) electrons. The van der Waals surface area contributed by atoms with Crippen molar-refractivity contribution < 1.29 is 13.9 Å². The zero-order valence-electron chi connectivity index (χ0n) is 17.7. The number of amides is 1. The van der Waals surface area contributed by atoms with Gasteiger partial charge in [0.1, 0.15) is 0 Å². The fraction of sp³-hybridized carbons (Fsp3) is 0.208. The maximum absolute atomic E-state index is 12.5. The minimum atomic E-state index is -0.133. The normalized spacial score (nSPS) is 11.1. The zero-order valence-corrected chi connectivity index (χ0v) is 18.5. The number of aromatic nitrogens is 2. The molecule has 0 aliphatic carbocycles. The molecule has 0 unspecified atom stereocenters. The highest BCUT2D eigenvalue weighted by atomic mass is 32.1. The fourth-order valence-electron chi connectivity index (χ4n) is 3.19. The Hall–Kier alpha value is -3.33. The van der Waals surface area contributed by atoms with Crippen LogP contribution in [0.2, 0.25) is 0 Å². The molecule has 0 atom stereocenters. The summed E-state index contributed by atoms with van der Waals surface area (Å²) in [5.41, 5.74) is 2.46. The van der Waals surface area contributed by atoms with E-state index in [0.29, 0.717) is 43.6 Å². The van der Waals surface area contributed by atoms with Gasteiger partial charge in [-0.25, -0.2) is 0 Å². The maximum atomic E-state index is 12.5. The summed E-state index contributed by atoms with van der Waals surface area (Å²) >= 11 is 1.57. The second-order valence-electron chi connectivity index (χ2n) is 7.20. The number of hydrogen-bond donors (Lipinski definition) is 1. The quantitative estimate of drug-likeness (QED) is 0.379. The number of anilines is 1. The van der Waals surface area contributed by atoms with E-state index < -0.39 is 0 Å². The maximum Gasteiger partial charge on any atom is 0.257 e. The Labute approximate surface area is 190 Å². The number of carbonyl (C=O) groups is 1. The number of para-hydroxylation sites is 1. The lowest BCUT2D eigenvalue weighted by molar-refractivity contribution is 0.102. The van der Waals surface area contributed by atoms with E-state index in [-0.39, 0.29) is 5.91 Å². The highest BCUT2D eigenvalue weighted by Crippen LogP contribution is 2.23. The number of benzene rings is 2. The van der Waals surface area contributed by atoms with Gasteiger partial charge in [0.05, 0.1) is 18.0 Å². The summed E-state index contributed by atoms with van der Waals surface area (Å²) in [7, 11) is 1.68. The SMILES string of the molecule is COCCN(Cc1ccc(C(=O)Nc2ccccc2)cc1)Cc1nnc(-c2cccs2)o1. The smallest absolute Gasteiger partial charge is 0.257 e. The predicted octanol–water partition coefficient (Wildman–Crippen LogP) is 4.70. The molecule has 7 nitrogen and oxygen atoms in total. The van der Waals surface area contributed by atoms with Crippen molar-refractivity contribution in [1.82, 2.24) is 15.1 Å². The van der Waals surface area contributed by atoms with Crippen LogP contribution in [-0.4, -0.2) is 41.3 Å². The van der Waals surface area contributed by atoms with Crippen molar-refractivity contribution >= 4 is 22.9 Å². The molecule has 1 amide bonds. The van der Waals surface area contributed by atoms with Crippen LogP contribution < -0.4 is 5.32 Å². The zero-order chi connectivity index (χ0) is 22.2. The predicted molar refractivity (Wildman–Crippen MR) is 124 cm³/mol. The second kappa shape index (κ2) is 10.8. The van der Waals surface area contributed by atoms with Crippen molar-refractivity contribution in [3.8, 4) is 10.8 Å². The molecule has 0 bridgehead atoms. The van der Waals surface area contributed by atoms with Gasteiger partial charge < -0.3 is 14.5 Å². The molecule has 4 rings (SSSR count). The number of methoxy groups -OCH3 is 1. The first kappa shape index (κ1) is 21.9. The van der Waals surface area contributed by atoms with Crippen LogP contribution in [0.1, 0.15) is 21.8 Å². The van der Waals surface area contributed by atoms with E-state index in [4.69, 9.17) is 9.15 Å². The molecule has 0 spiro atoms. The molecule has 0 saturated carbocycles. The number of nitrogens with zero attached hydrogens (tertiary/aromatic N) is 3. The largest absolute Gasteiger partial charge is 0.419 e. The van der Waals surface area contributed by atoms with Crippen molar-refractivity contribution in [2.24, 2.45) is 0 Å². The second-order valence-corrected chi connectivity index (χ2v) is 8.15. The fourth-order valence-corrected chi connectivity index (χ4v) is 3.83. The molecular weight excluding hydrogens is 424 g/mol. The molecule has 0 aliphatic heterocycles. The monoisotopic (exact) mass is 448 g/mol. The Balaban J connectivity index is 1.39. The van der Waals surface area contributed by atoms with Gasteiger partial charge in [-0.15, -0.1) is 21.5 Å². The lowest BCUT2D eigenvalue weighted by Gasteiger charge is -2.20. The van der Waals surface area contributed by atoms with Crippen LogP contribution >= 0.6 is 11.3 Å². The van der Waals surface area contributed by atoms with Crippen molar-refractivity contribution in [3.63, 3.8) is 0 Å². The summed E-state index contributed by atoms with van der Waals surface area (Å²) < 4.78 is 11.1. The van der Waals surface area contributed by atoms with Crippen molar-refractivity contribution in [2.45, 2.75) is 13.1 Å². The molecule has 0 fully saturated rings. The molecule has 2 aromatic carbocycles. The first-order valence-corrected chi connectivity index (χ1v) is 11.1. The van der Waals surface area contributed by atoms with Crippen LogP contribution in [0, 0.1) is 0 Å². The number of rotatable bonds is 10. The van der Waals surface area contributed by atoms with Gasteiger partial charge in [-0.2, -0.15) is 0 Å². The molecule has 2 heterocycles. The Morgan fingerprint density at radius 1 is 1.03 bits per heavy atom. The van der Waals surface area contributed by atoms with Crippen LogP contribution in [0.5, 0.6) is 0 Å². The lowest BCUT2D eigenvalue weighted by atomic mass is 10.1. The Morgan fingerprint density at radius 2 is 1.84 bits per heavy atom. The minimum Gasteiger partial charge on any atom is -0.419 e. The van der Waals surface area contributed by atoms with Crippen molar-refractivity contribution in [3.05, 3.63) is 89.1 Å². The molecule has 4 aromatic rings. The summed E-state index contributed by atoms with van der Waals surface area (Å²) in [5, 5.41) is 13.2. The van der Waals surface area contributed by atoms with E-state index in [2.05, 4.69) is 20.4 Å². The van der Waals surface area contributed by atoms with Crippen LogP contribution in [0.15, 0.2) is 76.5 Å². The van der Waals surface area contributed by atoms with Crippen LogP contribution in [0.3, 0.4) is 0 Å². The molecular formula is C24H24N4O3S. The van der Waals surface area contributed by atoms with E-state index in [1.165, 1.54) is 0 Å². The number of ether oxygens (including phenoxy) is 1. The molecule has 0 saturated heterocycles. The van der Waals surface area contributed by atoms with Crippen LogP contribution in [0.4, 0.5) is 5.69 Å². The van der Waals surface area contributed by atoms with Crippen LogP contribution in [0.25, 0.3) is 10.8 Å². The highest BCUT2D eigenvalue weighted by molar-refractivity contribution is 7.13. The van der Waals surface area contributed by atoms with Gasteiger partial charge in [-0.3, -0.25) is 9.69 Å². The summed E-state index contributed by atoms with van der Waals surface area (Å²) in [6.07, 6.45) is 0. The summed E-state index contributed by atoms with van der Waals surface area (Å²) in [5.74, 6) is 0.963. The molecule has 8 heteroatoms. The van der Waals surface area contributed by atoms with E-state index in [0.717, 1.165) is 16.1 Å². The highest BCUT2D eigenvalue weighted by Gasteiger charge is 2.14. The third-order valence-corrected chi connectivity index (χ3v) is 5.68. The number of nitrogens with one attached hydrogen (secondary N) is 1. The Bertz CT molecular complexity index is 1110. The standard InChI is InChI=1S/C24H24N4O3S/c1-30-14-13-28(17-22-26-27-24(31-22)21-8-5-15-32-21)16-18-9-11-19(12-10-18)23(29)25-20-6-3-2-4-7-20/h2-12,15H,13-14,16-17H2,1H3,(H,25,29). The van der Waals surface area contributed by atoms with Gasteiger partial charge in [-0.1, -0.05) is 36.4 Å². The molecule has 1 N–H and O–H groups in total. The van der Waals surface area contributed by atoms with Gasteiger partial charge in [-0.05, 0) is 41.3 Å². The van der Waals surface area contributed by atoms with E-state index >= 15 is 0 Å². The van der Waals surface area contributed by atoms with Crippen LogP contribution in [-0.2, 0) is 17.8 Å². The Morgan fingerprint density at radius 3 is 2.56 bits per heavy atom. The minimum absolute atomic E-state index is 0.133. The summed E-state index contributed by atoms with van der Waals surface area (Å²) in [6.45, 7) is 2.48. The van der Waals surface area contributed by atoms with E-state index in [1.54, 1.807) is 18.4 Å². The van der Waals surface area contributed by atoms with E-state index in [9.17, 15) is 4.79 Å². The number of carbonyl (C=O) groups excluding carboxylic acids is 1. The van der Waals surface area contributed by atoms with Crippen molar-refractivity contribution in [2.75, 3.05) is 25.6 Å². The third-order valence-electron chi connectivity index (χ3n) is 4.82. The van der Waals surface area contributed by atoms with Gasteiger partial charge in [0.15, 0.2) is 0 Å². The van der Waals surface area contributed by atoms with E-state index in [1.807, 2.05) is 72.1 Å². The van der Waals surface area contributed by atoms with Gasteiger partial charge in [0, 0.05) is 31.5 Å².